The SMILES string of the molecule is COc1cc2c(cc1OC)CN(C(=O)CC1C(=O)NCCN1C(C)C)CC2. The van der Waals surface area contributed by atoms with E-state index in [1.807, 2.05) is 17.0 Å². The molecule has 0 saturated carbocycles. The Morgan fingerprint density at radius 1 is 1.19 bits per heavy atom. The van der Waals surface area contributed by atoms with Crippen molar-refractivity contribution in [1.82, 2.24) is 15.1 Å². The zero-order valence-corrected chi connectivity index (χ0v) is 16.6. The molecule has 0 spiro atoms. The molecule has 7 heteroatoms. The van der Waals surface area contributed by atoms with E-state index in [9.17, 15) is 9.59 Å². The minimum Gasteiger partial charge on any atom is -0.493 e. The zero-order chi connectivity index (χ0) is 19.6. The van der Waals surface area contributed by atoms with Gasteiger partial charge in [0.1, 0.15) is 0 Å². The molecule has 0 aliphatic carbocycles. The van der Waals surface area contributed by atoms with Crippen LogP contribution in [0.4, 0.5) is 0 Å². The first-order valence-corrected chi connectivity index (χ1v) is 9.49. The topological polar surface area (TPSA) is 71.1 Å². The number of nitrogens with zero attached hydrogens (tertiary/aromatic N) is 2. The average molecular weight is 375 g/mol. The Kier molecular flexibility index (Phi) is 5.89. The summed E-state index contributed by atoms with van der Waals surface area (Å²) >= 11 is 0. The average Bonchev–Trinajstić information content (AvgIpc) is 2.67. The fourth-order valence-corrected chi connectivity index (χ4v) is 3.95. The number of amides is 2. The summed E-state index contributed by atoms with van der Waals surface area (Å²) in [4.78, 5) is 29.2. The highest BCUT2D eigenvalue weighted by Gasteiger charge is 2.34. The van der Waals surface area contributed by atoms with Gasteiger partial charge >= 0.3 is 0 Å². The van der Waals surface area contributed by atoms with E-state index in [4.69, 9.17) is 9.47 Å². The lowest BCUT2D eigenvalue weighted by molar-refractivity contribution is -0.140. The Balaban J connectivity index is 1.72. The molecule has 0 radical (unpaired) electrons. The van der Waals surface area contributed by atoms with Crippen LogP contribution < -0.4 is 14.8 Å². The maximum atomic E-state index is 12.9. The molecule has 1 aromatic rings. The van der Waals surface area contributed by atoms with Gasteiger partial charge in [0.2, 0.25) is 11.8 Å². The van der Waals surface area contributed by atoms with E-state index < -0.39 is 6.04 Å². The van der Waals surface area contributed by atoms with Gasteiger partial charge in [0.05, 0.1) is 26.7 Å². The molecule has 0 bridgehead atoms. The van der Waals surface area contributed by atoms with Crippen molar-refractivity contribution >= 4 is 11.8 Å². The van der Waals surface area contributed by atoms with Gasteiger partial charge in [-0.15, -0.1) is 0 Å². The number of carbonyl (C=O) groups is 2. The molecular formula is C20H29N3O4. The summed E-state index contributed by atoms with van der Waals surface area (Å²) in [6, 6.07) is 3.78. The van der Waals surface area contributed by atoms with Crippen molar-refractivity contribution in [2.24, 2.45) is 0 Å². The molecule has 0 aromatic heterocycles. The molecular weight excluding hydrogens is 346 g/mol. The predicted molar refractivity (Wildman–Crippen MR) is 102 cm³/mol. The molecule has 2 heterocycles. The van der Waals surface area contributed by atoms with Crippen LogP contribution in [0.15, 0.2) is 12.1 Å². The van der Waals surface area contributed by atoms with Gasteiger partial charge in [-0.2, -0.15) is 0 Å². The number of fused-ring (bicyclic) bond motifs is 1. The highest BCUT2D eigenvalue weighted by atomic mass is 16.5. The Labute approximate surface area is 160 Å². The summed E-state index contributed by atoms with van der Waals surface area (Å²) < 4.78 is 10.8. The summed E-state index contributed by atoms with van der Waals surface area (Å²) in [5, 5.41) is 2.89. The van der Waals surface area contributed by atoms with Gasteiger partial charge in [0.25, 0.3) is 0 Å². The van der Waals surface area contributed by atoms with Crippen molar-refractivity contribution in [3.8, 4) is 11.5 Å². The van der Waals surface area contributed by atoms with Crippen LogP contribution in [0.3, 0.4) is 0 Å². The smallest absolute Gasteiger partial charge is 0.237 e. The number of benzene rings is 1. The fraction of sp³-hybridized carbons (Fsp3) is 0.600. The van der Waals surface area contributed by atoms with Gasteiger partial charge in [0.15, 0.2) is 11.5 Å². The normalized spacial score (nSPS) is 20.3. The fourth-order valence-electron chi connectivity index (χ4n) is 3.95. The second kappa shape index (κ2) is 8.17. The molecule has 148 valence electrons. The minimum atomic E-state index is -0.391. The molecule has 1 aromatic carbocycles. The quantitative estimate of drug-likeness (QED) is 0.837. The Morgan fingerprint density at radius 2 is 1.85 bits per heavy atom. The summed E-state index contributed by atoms with van der Waals surface area (Å²) in [5.74, 6) is 1.35. The van der Waals surface area contributed by atoms with Crippen molar-refractivity contribution in [2.75, 3.05) is 33.9 Å². The van der Waals surface area contributed by atoms with Crippen molar-refractivity contribution in [2.45, 2.75) is 45.3 Å². The van der Waals surface area contributed by atoms with Crippen LogP contribution in [0.25, 0.3) is 0 Å². The van der Waals surface area contributed by atoms with E-state index in [1.165, 1.54) is 5.56 Å². The molecule has 1 atom stereocenters. The number of hydrogen-bond acceptors (Lipinski definition) is 5. The highest BCUT2D eigenvalue weighted by Crippen LogP contribution is 2.33. The van der Waals surface area contributed by atoms with Gasteiger partial charge in [-0.1, -0.05) is 0 Å². The lowest BCUT2D eigenvalue weighted by Gasteiger charge is -2.38. The molecule has 2 aliphatic heterocycles. The monoisotopic (exact) mass is 375 g/mol. The Bertz CT molecular complexity index is 719. The van der Waals surface area contributed by atoms with Crippen LogP contribution in [0.5, 0.6) is 11.5 Å². The molecule has 1 N–H and O–H groups in total. The lowest BCUT2D eigenvalue weighted by atomic mass is 9.97. The summed E-state index contributed by atoms with van der Waals surface area (Å²) in [7, 11) is 3.23. The first-order valence-electron chi connectivity index (χ1n) is 9.49. The van der Waals surface area contributed by atoms with Crippen LogP contribution >= 0.6 is 0 Å². The van der Waals surface area contributed by atoms with Gasteiger partial charge < -0.3 is 19.7 Å². The molecule has 2 amide bonds. The second-order valence-electron chi connectivity index (χ2n) is 7.38. The van der Waals surface area contributed by atoms with Crippen LogP contribution in [0, 0.1) is 0 Å². The third-order valence-electron chi connectivity index (χ3n) is 5.47. The first-order chi connectivity index (χ1) is 12.9. The van der Waals surface area contributed by atoms with E-state index in [0.717, 1.165) is 18.5 Å². The maximum absolute atomic E-state index is 12.9. The molecule has 1 unspecified atom stereocenters. The zero-order valence-electron chi connectivity index (χ0n) is 16.6. The van der Waals surface area contributed by atoms with E-state index in [2.05, 4.69) is 24.1 Å². The Morgan fingerprint density at radius 3 is 2.48 bits per heavy atom. The maximum Gasteiger partial charge on any atom is 0.237 e. The van der Waals surface area contributed by atoms with Gasteiger partial charge in [-0.3, -0.25) is 14.5 Å². The third kappa shape index (κ3) is 4.03. The summed E-state index contributed by atoms with van der Waals surface area (Å²) in [5.41, 5.74) is 2.25. The number of piperazine rings is 1. The van der Waals surface area contributed by atoms with E-state index >= 15 is 0 Å². The second-order valence-corrected chi connectivity index (χ2v) is 7.38. The van der Waals surface area contributed by atoms with Gasteiger partial charge in [-0.25, -0.2) is 0 Å². The predicted octanol–water partition coefficient (Wildman–Crippen LogP) is 1.19. The molecule has 1 fully saturated rings. The van der Waals surface area contributed by atoms with Crippen LogP contribution in [0.1, 0.15) is 31.4 Å². The number of rotatable bonds is 5. The van der Waals surface area contributed by atoms with Crippen molar-refractivity contribution in [3.05, 3.63) is 23.3 Å². The van der Waals surface area contributed by atoms with E-state index in [-0.39, 0.29) is 24.3 Å². The van der Waals surface area contributed by atoms with Crippen molar-refractivity contribution < 1.29 is 19.1 Å². The van der Waals surface area contributed by atoms with Gasteiger partial charge in [0, 0.05) is 32.2 Å². The van der Waals surface area contributed by atoms with Crippen LogP contribution in [-0.2, 0) is 22.6 Å². The summed E-state index contributed by atoms with van der Waals surface area (Å²) in [6.07, 6.45) is 0.985. The first kappa shape index (κ1) is 19.5. The van der Waals surface area contributed by atoms with E-state index in [1.54, 1.807) is 14.2 Å². The van der Waals surface area contributed by atoms with Gasteiger partial charge in [-0.05, 0) is 43.5 Å². The Hall–Kier alpha value is -2.28. The lowest BCUT2D eigenvalue weighted by Crippen LogP contribution is -2.58. The highest BCUT2D eigenvalue weighted by molar-refractivity contribution is 5.89. The minimum absolute atomic E-state index is 0.0168. The number of nitrogens with one attached hydrogen (secondary N) is 1. The number of methoxy groups -OCH3 is 2. The molecule has 1 saturated heterocycles. The molecule has 3 rings (SSSR count). The standard InChI is InChI=1S/C20H29N3O4/c1-13(2)23-8-6-21-20(25)16(23)11-19(24)22-7-5-14-9-17(26-3)18(27-4)10-15(14)12-22/h9-10,13,16H,5-8,11-12H2,1-4H3,(H,21,25). The van der Waals surface area contributed by atoms with Crippen LogP contribution in [-0.4, -0.2) is 67.6 Å². The number of ether oxygens (including phenoxy) is 2. The van der Waals surface area contributed by atoms with Crippen LogP contribution in [0.2, 0.25) is 0 Å². The molecule has 2 aliphatic rings. The van der Waals surface area contributed by atoms with E-state index in [0.29, 0.717) is 31.1 Å². The molecule has 7 nitrogen and oxygen atoms in total. The van der Waals surface area contributed by atoms with Crippen molar-refractivity contribution in [1.29, 1.82) is 0 Å². The third-order valence-corrected chi connectivity index (χ3v) is 5.47. The largest absolute Gasteiger partial charge is 0.493 e. The number of hydrogen-bond donors (Lipinski definition) is 1. The summed E-state index contributed by atoms with van der Waals surface area (Å²) in [6.45, 7) is 6.73. The van der Waals surface area contributed by atoms with Crippen molar-refractivity contribution in [3.63, 3.8) is 0 Å². The number of carbonyl (C=O) groups excluding carboxylic acids is 2. The molecule has 27 heavy (non-hydrogen) atoms.